The molecule has 0 unspecified atom stereocenters. The first-order valence-corrected chi connectivity index (χ1v) is 6.34. The molecule has 4 heteroatoms. The number of likely N-dealkylation sites (N-methyl/N-ethyl adjacent to an activating group) is 1. The molecule has 0 aliphatic carbocycles. The van der Waals surface area contributed by atoms with Crippen molar-refractivity contribution in [3.05, 3.63) is 29.1 Å². The Morgan fingerprint density at radius 1 is 1.22 bits per heavy atom. The van der Waals surface area contributed by atoms with Crippen molar-refractivity contribution in [3.8, 4) is 0 Å². The molecule has 0 bridgehead atoms. The van der Waals surface area contributed by atoms with Gasteiger partial charge in [-0.25, -0.2) is 4.98 Å². The van der Waals surface area contributed by atoms with Gasteiger partial charge in [0.15, 0.2) is 0 Å². The zero-order chi connectivity index (χ0) is 13.3. The van der Waals surface area contributed by atoms with Gasteiger partial charge in [-0.15, -0.1) is 0 Å². The maximum Gasteiger partial charge on any atom is 0.123 e. The van der Waals surface area contributed by atoms with E-state index in [0.29, 0.717) is 6.54 Å². The number of aryl methyl sites for hydroxylation is 2. The smallest absolute Gasteiger partial charge is 0.123 e. The second kappa shape index (κ2) is 5.08. The summed E-state index contributed by atoms with van der Waals surface area (Å²) in [6.45, 7) is 6.67. The molecule has 2 N–H and O–H groups in total. The summed E-state index contributed by atoms with van der Waals surface area (Å²) < 4.78 is 2.24. The number of nitrogens with two attached hydrogens (primary N) is 1. The number of rotatable bonds is 4. The first kappa shape index (κ1) is 13.1. The molecule has 18 heavy (non-hydrogen) atoms. The summed E-state index contributed by atoms with van der Waals surface area (Å²) in [6, 6.07) is 4.36. The van der Waals surface area contributed by atoms with Gasteiger partial charge in [0.25, 0.3) is 0 Å². The third-order valence-electron chi connectivity index (χ3n) is 3.40. The molecule has 0 spiro atoms. The van der Waals surface area contributed by atoms with Gasteiger partial charge < -0.3 is 15.2 Å². The third-order valence-corrected chi connectivity index (χ3v) is 3.40. The Kier molecular flexibility index (Phi) is 3.68. The number of imidazole rings is 1. The van der Waals surface area contributed by atoms with Gasteiger partial charge in [0.2, 0.25) is 0 Å². The zero-order valence-electron chi connectivity index (χ0n) is 11.7. The number of hydrogen-bond acceptors (Lipinski definition) is 3. The van der Waals surface area contributed by atoms with E-state index in [4.69, 9.17) is 5.73 Å². The van der Waals surface area contributed by atoms with E-state index in [1.165, 1.54) is 16.6 Å². The summed E-state index contributed by atoms with van der Waals surface area (Å²) in [6.07, 6.45) is 0. The van der Waals surface area contributed by atoms with Gasteiger partial charge in [-0.2, -0.15) is 0 Å². The van der Waals surface area contributed by atoms with Crippen molar-refractivity contribution >= 4 is 11.0 Å². The number of aromatic nitrogens is 2. The summed E-state index contributed by atoms with van der Waals surface area (Å²) in [5, 5.41) is 0. The summed E-state index contributed by atoms with van der Waals surface area (Å²) in [7, 11) is 4.16. The number of nitrogens with zero attached hydrogens (tertiary/aromatic N) is 3. The van der Waals surface area contributed by atoms with E-state index in [1.54, 1.807) is 0 Å². The minimum Gasteiger partial charge on any atom is -0.326 e. The van der Waals surface area contributed by atoms with Crippen LogP contribution in [-0.4, -0.2) is 35.1 Å². The van der Waals surface area contributed by atoms with E-state index < -0.39 is 0 Å². The Bertz CT molecular complexity index is 554. The van der Waals surface area contributed by atoms with Crippen molar-refractivity contribution in [2.24, 2.45) is 5.73 Å². The number of fused-ring (bicyclic) bond motifs is 1. The van der Waals surface area contributed by atoms with Crippen molar-refractivity contribution in [2.45, 2.75) is 26.9 Å². The monoisotopic (exact) mass is 246 g/mol. The second-order valence-corrected chi connectivity index (χ2v) is 5.11. The summed E-state index contributed by atoms with van der Waals surface area (Å²) in [5.41, 5.74) is 10.6. The van der Waals surface area contributed by atoms with Crippen molar-refractivity contribution in [1.82, 2.24) is 14.5 Å². The van der Waals surface area contributed by atoms with E-state index in [0.717, 1.165) is 24.4 Å². The van der Waals surface area contributed by atoms with Gasteiger partial charge in [-0.1, -0.05) is 0 Å². The molecule has 98 valence electrons. The van der Waals surface area contributed by atoms with Gasteiger partial charge in [0, 0.05) is 13.1 Å². The van der Waals surface area contributed by atoms with Crippen LogP contribution in [0, 0.1) is 13.8 Å². The summed E-state index contributed by atoms with van der Waals surface area (Å²) in [4.78, 5) is 6.80. The Balaban J connectivity index is 2.50. The van der Waals surface area contributed by atoms with Crippen LogP contribution in [0.1, 0.15) is 17.0 Å². The molecule has 2 aromatic rings. The van der Waals surface area contributed by atoms with E-state index >= 15 is 0 Å². The standard InChI is InChI=1S/C14H22N4/c1-10-7-12-13(8-11(10)2)18(6-5-17(3)4)14(9-15)16-12/h7-8H,5-6,9,15H2,1-4H3. The van der Waals surface area contributed by atoms with Crippen LogP contribution in [0.2, 0.25) is 0 Å². The van der Waals surface area contributed by atoms with Crippen LogP contribution in [-0.2, 0) is 13.1 Å². The molecule has 0 aliphatic rings. The molecule has 0 atom stereocenters. The lowest BCUT2D eigenvalue weighted by molar-refractivity contribution is 0.383. The highest BCUT2D eigenvalue weighted by molar-refractivity contribution is 5.78. The topological polar surface area (TPSA) is 47.1 Å². The van der Waals surface area contributed by atoms with Crippen molar-refractivity contribution in [2.75, 3.05) is 20.6 Å². The molecule has 0 aliphatic heterocycles. The third kappa shape index (κ3) is 2.40. The average molecular weight is 246 g/mol. The molecular formula is C14H22N4. The van der Waals surface area contributed by atoms with Gasteiger partial charge >= 0.3 is 0 Å². The number of hydrogen-bond donors (Lipinski definition) is 1. The fourth-order valence-corrected chi connectivity index (χ4v) is 2.14. The molecule has 4 nitrogen and oxygen atoms in total. The van der Waals surface area contributed by atoms with Crippen molar-refractivity contribution in [3.63, 3.8) is 0 Å². The van der Waals surface area contributed by atoms with Gasteiger partial charge in [0.1, 0.15) is 5.82 Å². The Morgan fingerprint density at radius 3 is 2.50 bits per heavy atom. The van der Waals surface area contributed by atoms with Crippen LogP contribution in [0.5, 0.6) is 0 Å². The van der Waals surface area contributed by atoms with Crippen LogP contribution in [0.4, 0.5) is 0 Å². The Morgan fingerprint density at radius 2 is 1.89 bits per heavy atom. The summed E-state index contributed by atoms with van der Waals surface area (Å²) in [5.74, 6) is 0.969. The highest BCUT2D eigenvalue weighted by atomic mass is 15.1. The zero-order valence-corrected chi connectivity index (χ0v) is 11.7. The number of benzene rings is 1. The molecule has 1 aromatic heterocycles. The minimum atomic E-state index is 0.486. The molecule has 0 radical (unpaired) electrons. The molecule has 0 saturated carbocycles. The SMILES string of the molecule is Cc1cc2nc(CN)n(CCN(C)C)c2cc1C. The molecular weight excluding hydrogens is 224 g/mol. The predicted octanol–water partition coefficient (Wildman–Crippen LogP) is 1.67. The molecule has 2 rings (SSSR count). The lowest BCUT2D eigenvalue weighted by atomic mass is 10.1. The van der Waals surface area contributed by atoms with Crippen molar-refractivity contribution < 1.29 is 0 Å². The van der Waals surface area contributed by atoms with Crippen LogP contribution < -0.4 is 5.73 Å². The molecule has 0 amide bonds. The molecule has 0 fully saturated rings. The predicted molar refractivity (Wildman–Crippen MR) is 75.7 cm³/mol. The maximum atomic E-state index is 5.80. The first-order chi connectivity index (χ1) is 8.52. The van der Waals surface area contributed by atoms with Gasteiger partial charge in [-0.05, 0) is 51.2 Å². The Labute approximate surface area is 108 Å². The minimum absolute atomic E-state index is 0.486. The summed E-state index contributed by atoms with van der Waals surface area (Å²) >= 11 is 0. The van der Waals surface area contributed by atoms with Crippen LogP contribution >= 0.6 is 0 Å². The molecule has 1 heterocycles. The fraction of sp³-hybridized carbons (Fsp3) is 0.500. The van der Waals surface area contributed by atoms with Crippen molar-refractivity contribution in [1.29, 1.82) is 0 Å². The maximum absolute atomic E-state index is 5.80. The highest BCUT2D eigenvalue weighted by Gasteiger charge is 2.10. The van der Waals surface area contributed by atoms with E-state index in [1.807, 2.05) is 0 Å². The van der Waals surface area contributed by atoms with Gasteiger partial charge in [-0.3, -0.25) is 0 Å². The van der Waals surface area contributed by atoms with E-state index in [2.05, 4.69) is 54.5 Å². The molecule has 0 saturated heterocycles. The van der Waals surface area contributed by atoms with E-state index in [-0.39, 0.29) is 0 Å². The lowest BCUT2D eigenvalue weighted by Gasteiger charge is -2.13. The molecule has 1 aromatic carbocycles. The second-order valence-electron chi connectivity index (χ2n) is 5.11. The fourth-order valence-electron chi connectivity index (χ4n) is 2.14. The quantitative estimate of drug-likeness (QED) is 0.892. The average Bonchev–Trinajstić information content (AvgIpc) is 2.64. The lowest BCUT2D eigenvalue weighted by Crippen LogP contribution is -2.20. The Hall–Kier alpha value is -1.39. The largest absolute Gasteiger partial charge is 0.326 e. The van der Waals surface area contributed by atoms with Crippen LogP contribution in [0.3, 0.4) is 0 Å². The van der Waals surface area contributed by atoms with E-state index in [9.17, 15) is 0 Å². The highest BCUT2D eigenvalue weighted by Crippen LogP contribution is 2.20. The van der Waals surface area contributed by atoms with Crippen LogP contribution in [0.15, 0.2) is 12.1 Å². The van der Waals surface area contributed by atoms with Gasteiger partial charge in [0.05, 0.1) is 17.6 Å². The van der Waals surface area contributed by atoms with Crippen LogP contribution in [0.25, 0.3) is 11.0 Å². The normalized spacial score (nSPS) is 11.7. The first-order valence-electron chi connectivity index (χ1n) is 6.34.